The number of carbonyl (C=O) groups is 1. The molecule has 1 saturated carbocycles. The van der Waals surface area contributed by atoms with Crippen molar-refractivity contribution < 1.29 is 9.53 Å². The van der Waals surface area contributed by atoms with Gasteiger partial charge in [0.25, 0.3) is 0 Å². The lowest BCUT2D eigenvalue weighted by atomic mass is 9.98. The molecule has 1 saturated heterocycles. The Kier molecular flexibility index (Phi) is 4.27. The summed E-state index contributed by atoms with van der Waals surface area (Å²) in [7, 11) is 0. The van der Waals surface area contributed by atoms with Crippen molar-refractivity contribution in [2.75, 3.05) is 19.7 Å². The molecule has 3 rings (SSSR count). The first-order valence-corrected chi connectivity index (χ1v) is 7.93. The van der Waals surface area contributed by atoms with E-state index < -0.39 is 5.54 Å². The standard InChI is InChI=1S/C17H24N2O2/c1-2-21-16(20)17(18-15-8-9-15)10-11-19(13-17)12-14-6-4-3-5-7-14/h3-7,15,18H,2,8-13H2,1H3. The van der Waals surface area contributed by atoms with Crippen LogP contribution < -0.4 is 5.32 Å². The number of likely N-dealkylation sites (tertiary alicyclic amines) is 1. The molecule has 1 unspecified atom stereocenters. The largest absolute Gasteiger partial charge is 0.465 e. The van der Waals surface area contributed by atoms with Crippen molar-refractivity contribution in [2.24, 2.45) is 0 Å². The minimum Gasteiger partial charge on any atom is -0.465 e. The molecule has 1 N–H and O–H groups in total. The first-order valence-electron chi connectivity index (χ1n) is 7.93. The van der Waals surface area contributed by atoms with Crippen LogP contribution in [0.1, 0.15) is 31.7 Å². The van der Waals surface area contributed by atoms with Crippen LogP contribution in [0.2, 0.25) is 0 Å². The van der Waals surface area contributed by atoms with Crippen molar-refractivity contribution >= 4 is 5.97 Å². The molecule has 4 heteroatoms. The lowest BCUT2D eigenvalue weighted by Crippen LogP contribution is -2.55. The smallest absolute Gasteiger partial charge is 0.327 e. The van der Waals surface area contributed by atoms with Crippen molar-refractivity contribution in [2.45, 2.75) is 44.3 Å². The average Bonchev–Trinajstić information content (AvgIpc) is 3.20. The number of rotatable bonds is 6. The molecule has 2 fully saturated rings. The van der Waals surface area contributed by atoms with Crippen molar-refractivity contribution in [1.82, 2.24) is 10.2 Å². The molecule has 0 spiro atoms. The topological polar surface area (TPSA) is 41.6 Å². The van der Waals surface area contributed by atoms with E-state index >= 15 is 0 Å². The van der Waals surface area contributed by atoms with E-state index in [4.69, 9.17) is 4.74 Å². The number of ether oxygens (including phenoxy) is 1. The maximum absolute atomic E-state index is 12.4. The predicted molar refractivity (Wildman–Crippen MR) is 81.9 cm³/mol. The molecule has 114 valence electrons. The van der Waals surface area contributed by atoms with Crippen LogP contribution in [-0.2, 0) is 16.1 Å². The number of carbonyl (C=O) groups excluding carboxylic acids is 1. The van der Waals surface area contributed by atoms with E-state index in [2.05, 4.69) is 34.5 Å². The molecule has 1 aliphatic carbocycles. The first kappa shape index (κ1) is 14.5. The Labute approximate surface area is 126 Å². The third-order valence-corrected chi connectivity index (χ3v) is 4.32. The number of benzene rings is 1. The van der Waals surface area contributed by atoms with Gasteiger partial charge in [0.05, 0.1) is 6.61 Å². The molecular weight excluding hydrogens is 264 g/mol. The molecule has 1 aromatic rings. The summed E-state index contributed by atoms with van der Waals surface area (Å²) >= 11 is 0. The van der Waals surface area contributed by atoms with E-state index in [1.54, 1.807) is 0 Å². The molecule has 0 bridgehead atoms. The van der Waals surface area contributed by atoms with Crippen LogP contribution in [0.5, 0.6) is 0 Å². The normalized spacial score (nSPS) is 26.0. The second kappa shape index (κ2) is 6.16. The fourth-order valence-electron chi connectivity index (χ4n) is 3.10. The van der Waals surface area contributed by atoms with Gasteiger partial charge in [-0.25, -0.2) is 4.79 Å². The lowest BCUT2D eigenvalue weighted by Gasteiger charge is -2.28. The van der Waals surface area contributed by atoms with Crippen LogP contribution in [0.3, 0.4) is 0 Å². The minimum absolute atomic E-state index is 0.0764. The maximum atomic E-state index is 12.4. The molecule has 2 aliphatic rings. The van der Waals surface area contributed by atoms with Crippen LogP contribution in [0.25, 0.3) is 0 Å². The van der Waals surface area contributed by atoms with Gasteiger partial charge in [-0.2, -0.15) is 0 Å². The molecule has 1 aliphatic heterocycles. The van der Waals surface area contributed by atoms with Gasteiger partial charge in [-0.05, 0) is 31.7 Å². The maximum Gasteiger partial charge on any atom is 0.327 e. The third kappa shape index (κ3) is 3.44. The highest BCUT2D eigenvalue weighted by Gasteiger charge is 2.48. The summed E-state index contributed by atoms with van der Waals surface area (Å²) in [5.41, 5.74) is 0.801. The molecular formula is C17H24N2O2. The molecule has 0 amide bonds. The number of hydrogen-bond acceptors (Lipinski definition) is 4. The average molecular weight is 288 g/mol. The Morgan fingerprint density at radius 3 is 2.81 bits per heavy atom. The Bertz CT molecular complexity index is 487. The fraction of sp³-hybridized carbons (Fsp3) is 0.588. The van der Waals surface area contributed by atoms with Gasteiger partial charge in [0, 0.05) is 25.7 Å². The van der Waals surface area contributed by atoms with E-state index in [1.165, 1.54) is 18.4 Å². The Morgan fingerprint density at radius 1 is 1.38 bits per heavy atom. The van der Waals surface area contributed by atoms with Gasteiger partial charge in [-0.1, -0.05) is 30.3 Å². The molecule has 1 heterocycles. The van der Waals surface area contributed by atoms with Gasteiger partial charge in [0.15, 0.2) is 0 Å². The Hall–Kier alpha value is -1.39. The monoisotopic (exact) mass is 288 g/mol. The van der Waals surface area contributed by atoms with E-state index in [1.807, 2.05) is 13.0 Å². The predicted octanol–water partition coefficient (Wildman–Crippen LogP) is 1.95. The van der Waals surface area contributed by atoms with Crippen LogP contribution >= 0.6 is 0 Å². The van der Waals surface area contributed by atoms with Gasteiger partial charge >= 0.3 is 5.97 Å². The molecule has 1 aromatic carbocycles. The number of esters is 1. The fourth-order valence-corrected chi connectivity index (χ4v) is 3.10. The van der Waals surface area contributed by atoms with E-state index in [-0.39, 0.29) is 5.97 Å². The van der Waals surface area contributed by atoms with Crippen molar-refractivity contribution in [1.29, 1.82) is 0 Å². The molecule has 0 aromatic heterocycles. The first-order chi connectivity index (χ1) is 10.2. The highest BCUT2D eigenvalue weighted by Crippen LogP contribution is 2.30. The zero-order chi connectivity index (χ0) is 14.7. The summed E-state index contributed by atoms with van der Waals surface area (Å²) in [5, 5.41) is 3.55. The number of nitrogens with one attached hydrogen (secondary N) is 1. The van der Waals surface area contributed by atoms with Crippen molar-refractivity contribution in [3.05, 3.63) is 35.9 Å². The van der Waals surface area contributed by atoms with Crippen LogP contribution in [-0.4, -0.2) is 42.1 Å². The van der Waals surface area contributed by atoms with Crippen LogP contribution in [0.15, 0.2) is 30.3 Å². The minimum atomic E-state index is -0.494. The van der Waals surface area contributed by atoms with Gasteiger partial charge in [-0.3, -0.25) is 10.2 Å². The van der Waals surface area contributed by atoms with Crippen LogP contribution in [0.4, 0.5) is 0 Å². The summed E-state index contributed by atoms with van der Waals surface area (Å²) in [6.07, 6.45) is 3.20. The van der Waals surface area contributed by atoms with Gasteiger partial charge < -0.3 is 4.74 Å². The second-order valence-corrected chi connectivity index (χ2v) is 6.17. The highest BCUT2D eigenvalue weighted by atomic mass is 16.5. The van der Waals surface area contributed by atoms with E-state index in [0.29, 0.717) is 12.6 Å². The van der Waals surface area contributed by atoms with E-state index in [0.717, 1.165) is 26.1 Å². The molecule has 1 atom stereocenters. The highest BCUT2D eigenvalue weighted by molar-refractivity contribution is 5.82. The zero-order valence-electron chi connectivity index (χ0n) is 12.7. The quantitative estimate of drug-likeness (QED) is 0.812. The summed E-state index contributed by atoms with van der Waals surface area (Å²) in [6, 6.07) is 10.9. The third-order valence-electron chi connectivity index (χ3n) is 4.32. The molecule has 4 nitrogen and oxygen atoms in total. The summed E-state index contributed by atoms with van der Waals surface area (Å²) in [6.45, 7) is 4.91. The van der Waals surface area contributed by atoms with E-state index in [9.17, 15) is 4.79 Å². The summed E-state index contributed by atoms with van der Waals surface area (Å²) in [4.78, 5) is 14.8. The Morgan fingerprint density at radius 2 is 2.14 bits per heavy atom. The summed E-state index contributed by atoms with van der Waals surface area (Å²) in [5.74, 6) is -0.0764. The van der Waals surface area contributed by atoms with Gasteiger partial charge in [-0.15, -0.1) is 0 Å². The lowest BCUT2D eigenvalue weighted by molar-refractivity contribution is -0.150. The molecule has 21 heavy (non-hydrogen) atoms. The Balaban J connectivity index is 1.66. The van der Waals surface area contributed by atoms with Gasteiger partial charge in [0.2, 0.25) is 0 Å². The second-order valence-electron chi connectivity index (χ2n) is 6.17. The van der Waals surface area contributed by atoms with Crippen LogP contribution in [0, 0.1) is 0 Å². The van der Waals surface area contributed by atoms with Gasteiger partial charge in [0.1, 0.15) is 5.54 Å². The summed E-state index contributed by atoms with van der Waals surface area (Å²) < 4.78 is 5.33. The molecule has 0 radical (unpaired) electrons. The van der Waals surface area contributed by atoms with Crippen molar-refractivity contribution in [3.8, 4) is 0 Å². The zero-order valence-corrected chi connectivity index (χ0v) is 12.7. The SMILES string of the molecule is CCOC(=O)C1(NC2CC2)CCN(Cc2ccccc2)C1. The number of hydrogen-bond donors (Lipinski definition) is 1. The number of nitrogens with zero attached hydrogens (tertiary/aromatic N) is 1. The van der Waals surface area contributed by atoms with Crippen molar-refractivity contribution in [3.63, 3.8) is 0 Å².